The number of rotatable bonds is 8. The SMILES string of the molecule is COc1cccc(CN[C@H](C)C23CC4CC(CC(C4)C2)C3)c1OCc1ccccc1Cl. The predicted molar refractivity (Wildman–Crippen MR) is 126 cm³/mol. The normalized spacial score (nSPS) is 29.7. The fourth-order valence-corrected chi connectivity index (χ4v) is 7.17. The molecule has 0 aliphatic heterocycles. The summed E-state index contributed by atoms with van der Waals surface area (Å²) in [5, 5.41) is 4.62. The van der Waals surface area contributed by atoms with E-state index in [2.05, 4.69) is 18.3 Å². The van der Waals surface area contributed by atoms with Crippen LogP contribution in [-0.2, 0) is 13.2 Å². The first-order chi connectivity index (χ1) is 15.1. The minimum atomic E-state index is 0.428. The van der Waals surface area contributed by atoms with E-state index in [0.717, 1.165) is 51.9 Å². The molecule has 6 rings (SSSR count). The van der Waals surface area contributed by atoms with E-state index < -0.39 is 0 Å². The molecular weight excluding hydrogens is 406 g/mol. The average molecular weight is 440 g/mol. The van der Waals surface area contributed by atoms with Gasteiger partial charge in [0.05, 0.1) is 7.11 Å². The lowest BCUT2D eigenvalue weighted by Gasteiger charge is -2.59. The average Bonchev–Trinajstić information content (AvgIpc) is 2.76. The Hall–Kier alpha value is -1.71. The zero-order chi connectivity index (χ0) is 21.4. The van der Waals surface area contributed by atoms with Gasteiger partial charge in [0.1, 0.15) is 6.61 Å². The maximum absolute atomic E-state index is 6.33. The van der Waals surface area contributed by atoms with Crippen LogP contribution in [0.25, 0.3) is 0 Å². The van der Waals surface area contributed by atoms with Gasteiger partial charge in [0.25, 0.3) is 0 Å². The van der Waals surface area contributed by atoms with Crippen LogP contribution in [-0.4, -0.2) is 13.2 Å². The molecule has 0 amide bonds. The molecule has 0 spiro atoms. The van der Waals surface area contributed by atoms with E-state index in [0.29, 0.717) is 18.1 Å². The molecule has 2 aromatic rings. The summed E-state index contributed by atoms with van der Waals surface area (Å²) in [6.45, 7) is 3.63. The number of halogens is 1. The Morgan fingerprint density at radius 2 is 1.61 bits per heavy atom. The molecule has 0 aromatic heterocycles. The van der Waals surface area contributed by atoms with E-state index in [9.17, 15) is 0 Å². The summed E-state index contributed by atoms with van der Waals surface area (Å²) in [7, 11) is 1.70. The van der Waals surface area contributed by atoms with Gasteiger partial charge in [-0.2, -0.15) is 0 Å². The van der Waals surface area contributed by atoms with E-state index in [1.807, 2.05) is 36.4 Å². The van der Waals surface area contributed by atoms with Gasteiger partial charge in [0.15, 0.2) is 11.5 Å². The van der Waals surface area contributed by atoms with Gasteiger partial charge in [-0.15, -0.1) is 0 Å². The van der Waals surface area contributed by atoms with Crippen molar-refractivity contribution in [1.29, 1.82) is 0 Å². The first-order valence-electron chi connectivity index (χ1n) is 11.8. The number of benzene rings is 2. The predicted octanol–water partition coefficient (Wildman–Crippen LogP) is 6.62. The molecule has 0 heterocycles. The van der Waals surface area contributed by atoms with Crippen molar-refractivity contribution in [2.24, 2.45) is 23.2 Å². The smallest absolute Gasteiger partial charge is 0.166 e. The third kappa shape index (κ3) is 4.19. The first kappa shape index (κ1) is 21.2. The lowest BCUT2D eigenvalue weighted by Crippen LogP contribution is -2.54. The van der Waals surface area contributed by atoms with Crippen LogP contribution >= 0.6 is 11.6 Å². The molecule has 4 bridgehead atoms. The summed E-state index contributed by atoms with van der Waals surface area (Å²) in [5.74, 6) is 4.51. The van der Waals surface area contributed by atoms with Crippen LogP contribution in [0, 0.1) is 23.2 Å². The molecule has 1 atom stereocenters. The number of hydrogen-bond donors (Lipinski definition) is 1. The van der Waals surface area contributed by atoms with Crippen molar-refractivity contribution in [3.63, 3.8) is 0 Å². The molecule has 4 fully saturated rings. The fraction of sp³-hybridized carbons (Fsp3) is 0.556. The van der Waals surface area contributed by atoms with Gasteiger partial charge in [0.2, 0.25) is 0 Å². The Kier molecular flexibility index (Phi) is 5.92. The van der Waals surface area contributed by atoms with Gasteiger partial charge in [-0.3, -0.25) is 0 Å². The summed E-state index contributed by atoms with van der Waals surface area (Å²) in [6, 6.07) is 14.5. The van der Waals surface area contributed by atoms with Crippen molar-refractivity contribution in [3.05, 3.63) is 58.6 Å². The van der Waals surface area contributed by atoms with E-state index in [-0.39, 0.29) is 0 Å². The van der Waals surface area contributed by atoms with Crippen molar-refractivity contribution in [2.45, 2.75) is 64.6 Å². The van der Waals surface area contributed by atoms with Crippen molar-refractivity contribution in [2.75, 3.05) is 7.11 Å². The Balaban J connectivity index is 1.29. The van der Waals surface area contributed by atoms with Gasteiger partial charge in [-0.05, 0) is 80.8 Å². The van der Waals surface area contributed by atoms with E-state index >= 15 is 0 Å². The van der Waals surface area contributed by atoms with Crippen LogP contribution in [0.4, 0.5) is 0 Å². The minimum absolute atomic E-state index is 0.428. The molecule has 4 aliphatic rings. The maximum Gasteiger partial charge on any atom is 0.166 e. The number of para-hydroxylation sites is 1. The lowest BCUT2D eigenvalue weighted by atomic mass is 9.48. The summed E-state index contributed by atoms with van der Waals surface area (Å²) < 4.78 is 11.9. The highest BCUT2D eigenvalue weighted by Crippen LogP contribution is 2.61. The molecule has 0 radical (unpaired) electrons. The Morgan fingerprint density at radius 1 is 0.968 bits per heavy atom. The number of hydrogen-bond acceptors (Lipinski definition) is 3. The standard InChI is InChI=1S/C27H34ClNO2/c1-18(27-13-19-10-20(14-27)12-21(11-19)15-27)29-16-22-7-5-9-25(30-2)26(22)31-17-23-6-3-4-8-24(23)28/h3-9,18-21,29H,10-17H2,1-2H3/t18-,19?,20?,21?,27?/m1/s1. The van der Waals surface area contributed by atoms with Gasteiger partial charge in [-0.25, -0.2) is 0 Å². The zero-order valence-electron chi connectivity index (χ0n) is 18.7. The van der Waals surface area contributed by atoms with Crippen LogP contribution < -0.4 is 14.8 Å². The second-order valence-corrected chi connectivity index (χ2v) is 10.6. The molecule has 4 aliphatic carbocycles. The molecule has 4 heteroatoms. The third-order valence-corrected chi connectivity index (χ3v) is 8.58. The Labute approximate surface area is 191 Å². The highest BCUT2D eigenvalue weighted by atomic mass is 35.5. The van der Waals surface area contributed by atoms with Gasteiger partial charge in [-0.1, -0.05) is 41.9 Å². The largest absolute Gasteiger partial charge is 0.493 e. The molecule has 0 saturated heterocycles. The number of ether oxygens (including phenoxy) is 2. The molecule has 3 nitrogen and oxygen atoms in total. The van der Waals surface area contributed by atoms with Gasteiger partial charge in [0, 0.05) is 28.7 Å². The number of nitrogens with one attached hydrogen (secondary N) is 1. The monoisotopic (exact) mass is 439 g/mol. The highest BCUT2D eigenvalue weighted by Gasteiger charge is 2.52. The quantitative estimate of drug-likeness (QED) is 0.501. The summed E-state index contributed by atoms with van der Waals surface area (Å²) in [5.41, 5.74) is 2.62. The Bertz CT molecular complexity index is 892. The highest BCUT2D eigenvalue weighted by molar-refractivity contribution is 6.31. The number of methoxy groups -OCH3 is 1. The maximum atomic E-state index is 6.33. The van der Waals surface area contributed by atoms with Crippen LogP contribution in [0.3, 0.4) is 0 Å². The van der Waals surface area contributed by atoms with Crippen LogP contribution in [0.2, 0.25) is 5.02 Å². The topological polar surface area (TPSA) is 30.5 Å². The van der Waals surface area contributed by atoms with E-state index in [1.54, 1.807) is 7.11 Å². The molecule has 4 saturated carbocycles. The molecule has 31 heavy (non-hydrogen) atoms. The van der Waals surface area contributed by atoms with Gasteiger partial charge < -0.3 is 14.8 Å². The summed E-state index contributed by atoms with van der Waals surface area (Å²) in [4.78, 5) is 0. The molecule has 0 unspecified atom stereocenters. The zero-order valence-corrected chi connectivity index (χ0v) is 19.5. The van der Waals surface area contributed by atoms with Crippen molar-refractivity contribution in [1.82, 2.24) is 5.32 Å². The van der Waals surface area contributed by atoms with Crippen molar-refractivity contribution < 1.29 is 9.47 Å². The first-order valence-corrected chi connectivity index (χ1v) is 12.2. The fourth-order valence-electron chi connectivity index (χ4n) is 6.98. The molecular formula is C27H34ClNO2. The van der Waals surface area contributed by atoms with Gasteiger partial charge >= 0.3 is 0 Å². The van der Waals surface area contributed by atoms with Crippen molar-refractivity contribution >= 4 is 11.6 Å². The molecule has 166 valence electrons. The van der Waals surface area contributed by atoms with Crippen LogP contribution in [0.5, 0.6) is 11.5 Å². The van der Waals surface area contributed by atoms with E-state index in [1.165, 1.54) is 38.5 Å². The minimum Gasteiger partial charge on any atom is -0.493 e. The lowest BCUT2D eigenvalue weighted by molar-refractivity contribution is -0.0706. The second-order valence-electron chi connectivity index (χ2n) is 10.2. The summed E-state index contributed by atoms with van der Waals surface area (Å²) >= 11 is 6.33. The van der Waals surface area contributed by atoms with Crippen molar-refractivity contribution in [3.8, 4) is 11.5 Å². The second kappa shape index (κ2) is 8.67. The molecule has 2 aromatic carbocycles. The Morgan fingerprint density at radius 3 is 2.26 bits per heavy atom. The van der Waals surface area contributed by atoms with Crippen LogP contribution in [0.1, 0.15) is 56.6 Å². The van der Waals surface area contributed by atoms with E-state index in [4.69, 9.17) is 21.1 Å². The third-order valence-electron chi connectivity index (χ3n) is 8.21. The van der Waals surface area contributed by atoms with Crippen LogP contribution in [0.15, 0.2) is 42.5 Å². The summed E-state index contributed by atoms with van der Waals surface area (Å²) in [6.07, 6.45) is 8.72. The molecule has 1 N–H and O–H groups in total.